The van der Waals surface area contributed by atoms with E-state index in [1.54, 1.807) is 31.2 Å². The largest absolute Gasteiger partial charge is 0.348 e. The van der Waals surface area contributed by atoms with Crippen LogP contribution in [0, 0.1) is 6.92 Å². The number of carbonyl (C=O) groups is 1. The molecule has 0 saturated carbocycles. The van der Waals surface area contributed by atoms with Crippen molar-refractivity contribution in [2.75, 3.05) is 4.72 Å². The van der Waals surface area contributed by atoms with Gasteiger partial charge in [-0.2, -0.15) is 0 Å². The number of nitrogens with one attached hydrogen (secondary N) is 2. The monoisotopic (exact) mass is 515 g/mol. The zero-order valence-corrected chi connectivity index (χ0v) is 21.6. The summed E-state index contributed by atoms with van der Waals surface area (Å²) < 4.78 is 51.3. The molecule has 1 amide bonds. The number of sulfonamides is 2. The lowest BCUT2D eigenvalue weighted by atomic mass is 9.87. The normalized spacial score (nSPS) is 12.3. The lowest BCUT2D eigenvalue weighted by Crippen LogP contribution is -2.23. The van der Waals surface area contributed by atoms with E-state index in [4.69, 9.17) is 5.14 Å². The molecule has 8 nitrogen and oxygen atoms in total. The van der Waals surface area contributed by atoms with Crippen LogP contribution in [0.25, 0.3) is 0 Å². The Morgan fingerprint density at radius 1 is 0.886 bits per heavy atom. The summed E-state index contributed by atoms with van der Waals surface area (Å²) in [5.41, 5.74) is 2.73. The van der Waals surface area contributed by atoms with Crippen molar-refractivity contribution < 1.29 is 21.6 Å². The van der Waals surface area contributed by atoms with Crippen molar-refractivity contribution in [1.29, 1.82) is 0 Å². The minimum atomic E-state index is -3.82. The molecule has 0 atom stereocenters. The highest BCUT2D eigenvalue weighted by atomic mass is 32.2. The molecule has 0 fully saturated rings. The topological polar surface area (TPSA) is 135 Å². The third kappa shape index (κ3) is 6.68. The van der Waals surface area contributed by atoms with Crippen LogP contribution >= 0.6 is 0 Å². The fraction of sp³-hybridized carbons (Fsp3) is 0.240. The van der Waals surface area contributed by atoms with Crippen LogP contribution in [0.2, 0.25) is 0 Å². The highest BCUT2D eigenvalue weighted by Crippen LogP contribution is 2.28. The SMILES string of the molecule is Cc1ccc(C(C)(C)C)cc1S(=O)(=O)Nc1ccc(C(=O)NCc2ccc(S(N)(=O)=O)cc2)cc1. The number of hydrogen-bond donors (Lipinski definition) is 3. The van der Waals surface area contributed by atoms with Crippen LogP contribution in [0.4, 0.5) is 5.69 Å². The molecule has 0 spiro atoms. The van der Waals surface area contributed by atoms with Crippen molar-refractivity contribution in [1.82, 2.24) is 5.32 Å². The molecule has 0 radical (unpaired) electrons. The molecule has 0 saturated heterocycles. The van der Waals surface area contributed by atoms with E-state index in [1.807, 2.05) is 26.8 Å². The van der Waals surface area contributed by atoms with Gasteiger partial charge < -0.3 is 5.32 Å². The number of aryl methyl sites for hydroxylation is 1. The summed E-state index contributed by atoms with van der Waals surface area (Å²) in [6, 6.07) is 17.4. The average Bonchev–Trinajstić information content (AvgIpc) is 2.76. The molecule has 3 aromatic rings. The van der Waals surface area contributed by atoms with Gasteiger partial charge in [0.2, 0.25) is 10.0 Å². The Labute approximate surface area is 206 Å². The van der Waals surface area contributed by atoms with Crippen molar-refractivity contribution in [3.05, 3.63) is 89.0 Å². The summed E-state index contributed by atoms with van der Waals surface area (Å²) in [6.07, 6.45) is 0. The van der Waals surface area contributed by atoms with Crippen LogP contribution in [0.1, 0.15) is 47.8 Å². The predicted molar refractivity (Wildman–Crippen MR) is 136 cm³/mol. The van der Waals surface area contributed by atoms with E-state index in [9.17, 15) is 21.6 Å². The summed E-state index contributed by atoms with van der Waals surface area (Å²) in [5.74, 6) is -0.358. The van der Waals surface area contributed by atoms with Crippen molar-refractivity contribution in [3.8, 4) is 0 Å². The summed E-state index contributed by atoms with van der Waals surface area (Å²) >= 11 is 0. The van der Waals surface area contributed by atoms with Crippen LogP contribution < -0.4 is 15.2 Å². The number of nitrogens with two attached hydrogens (primary N) is 1. The van der Waals surface area contributed by atoms with Gasteiger partial charge in [0.1, 0.15) is 0 Å². The van der Waals surface area contributed by atoms with Gasteiger partial charge in [-0.3, -0.25) is 9.52 Å². The minimum absolute atomic E-state index is 0.00839. The number of primary sulfonamides is 1. The van der Waals surface area contributed by atoms with Crippen LogP contribution in [0.15, 0.2) is 76.5 Å². The van der Waals surface area contributed by atoms with Crippen LogP contribution in [0.3, 0.4) is 0 Å². The van der Waals surface area contributed by atoms with Gasteiger partial charge in [0, 0.05) is 17.8 Å². The minimum Gasteiger partial charge on any atom is -0.348 e. The highest BCUT2D eigenvalue weighted by molar-refractivity contribution is 7.92. The van der Waals surface area contributed by atoms with Gasteiger partial charge in [0.05, 0.1) is 9.79 Å². The number of benzene rings is 3. The second kappa shape index (κ2) is 9.80. The summed E-state index contributed by atoms with van der Waals surface area (Å²) in [7, 11) is -7.60. The van der Waals surface area contributed by atoms with E-state index in [0.717, 1.165) is 5.56 Å². The third-order valence-electron chi connectivity index (χ3n) is 5.45. The van der Waals surface area contributed by atoms with Gasteiger partial charge in [0.15, 0.2) is 0 Å². The van der Waals surface area contributed by atoms with E-state index >= 15 is 0 Å². The molecule has 3 aromatic carbocycles. The average molecular weight is 516 g/mol. The van der Waals surface area contributed by atoms with Crippen molar-refractivity contribution in [2.24, 2.45) is 5.14 Å². The van der Waals surface area contributed by atoms with E-state index in [-0.39, 0.29) is 27.7 Å². The first-order valence-electron chi connectivity index (χ1n) is 10.8. The molecular weight excluding hydrogens is 486 g/mol. The quantitative estimate of drug-likeness (QED) is 0.441. The van der Waals surface area contributed by atoms with E-state index in [0.29, 0.717) is 22.4 Å². The smallest absolute Gasteiger partial charge is 0.262 e. The molecule has 186 valence electrons. The molecule has 0 aliphatic rings. The molecule has 3 rings (SSSR count). The standard InChI is InChI=1S/C25H29N3O5S2/c1-17-5-10-20(25(2,3)4)15-23(17)35(32,33)28-21-11-8-19(9-12-21)24(29)27-16-18-6-13-22(14-7-18)34(26,30)31/h5-15,28H,16H2,1-4H3,(H,27,29)(H2,26,30,31). The second-order valence-electron chi connectivity index (χ2n) is 9.28. The zero-order chi connectivity index (χ0) is 26.0. The van der Waals surface area contributed by atoms with Gasteiger partial charge >= 0.3 is 0 Å². The molecule has 10 heteroatoms. The molecular formula is C25H29N3O5S2. The van der Waals surface area contributed by atoms with Crippen LogP contribution in [0.5, 0.6) is 0 Å². The van der Waals surface area contributed by atoms with Crippen molar-refractivity contribution in [2.45, 2.75) is 49.4 Å². The van der Waals surface area contributed by atoms with Crippen molar-refractivity contribution in [3.63, 3.8) is 0 Å². The zero-order valence-electron chi connectivity index (χ0n) is 20.0. The highest BCUT2D eigenvalue weighted by Gasteiger charge is 2.21. The Hall–Kier alpha value is -3.21. The van der Waals surface area contributed by atoms with Crippen LogP contribution in [-0.2, 0) is 32.0 Å². The fourth-order valence-corrected chi connectivity index (χ4v) is 5.18. The summed E-state index contributed by atoms with van der Waals surface area (Å²) in [5, 5.41) is 7.82. The molecule has 0 aliphatic heterocycles. The maximum Gasteiger partial charge on any atom is 0.262 e. The number of anilines is 1. The Morgan fingerprint density at radius 3 is 2.03 bits per heavy atom. The second-order valence-corrected chi connectivity index (χ2v) is 12.5. The summed E-state index contributed by atoms with van der Waals surface area (Å²) in [4.78, 5) is 12.7. The number of hydrogen-bond acceptors (Lipinski definition) is 5. The molecule has 4 N–H and O–H groups in total. The lowest BCUT2D eigenvalue weighted by Gasteiger charge is -2.21. The molecule has 0 aliphatic carbocycles. The number of carbonyl (C=O) groups excluding carboxylic acids is 1. The summed E-state index contributed by atoms with van der Waals surface area (Å²) in [6.45, 7) is 7.99. The lowest BCUT2D eigenvalue weighted by molar-refractivity contribution is 0.0951. The first kappa shape index (κ1) is 26.4. The van der Waals surface area contributed by atoms with Crippen LogP contribution in [-0.4, -0.2) is 22.7 Å². The number of rotatable bonds is 7. The maximum absolute atomic E-state index is 13.0. The van der Waals surface area contributed by atoms with E-state index in [1.165, 1.54) is 36.4 Å². The number of amides is 1. The van der Waals surface area contributed by atoms with Gasteiger partial charge in [-0.1, -0.05) is 45.0 Å². The molecule has 35 heavy (non-hydrogen) atoms. The predicted octanol–water partition coefficient (Wildman–Crippen LogP) is 3.67. The maximum atomic E-state index is 13.0. The van der Waals surface area contributed by atoms with Crippen molar-refractivity contribution >= 4 is 31.6 Å². The third-order valence-corrected chi connectivity index (χ3v) is 7.90. The molecule has 0 bridgehead atoms. The molecule has 0 aromatic heterocycles. The molecule has 0 unspecified atom stereocenters. The first-order chi connectivity index (χ1) is 16.2. The Bertz CT molecular complexity index is 1440. The first-order valence-corrected chi connectivity index (χ1v) is 13.8. The van der Waals surface area contributed by atoms with Gasteiger partial charge in [-0.15, -0.1) is 0 Å². The molecule has 0 heterocycles. The Balaban J connectivity index is 1.68. The Morgan fingerprint density at radius 2 is 1.49 bits per heavy atom. The van der Waals surface area contributed by atoms with E-state index < -0.39 is 20.0 Å². The fourth-order valence-electron chi connectivity index (χ4n) is 3.34. The van der Waals surface area contributed by atoms with E-state index in [2.05, 4.69) is 10.0 Å². The van der Waals surface area contributed by atoms with Gasteiger partial charge in [-0.25, -0.2) is 22.0 Å². The van der Waals surface area contributed by atoms with Gasteiger partial charge in [-0.05, 0) is 71.5 Å². The Kier molecular flexibility index (Phi) is 7.39. The van der Waals surface area contributed by atoms with Gasteiger partial charge in [0.25, 0.3) is 15.9 Å².